The predicted octanol–water partition coefficient (Wildman–Crippen LogP) is 3.58. The number of rotatable bonds is 4. The van der Waals surface area contributed by atoms with E-state index in [0.717, 1.165) is 31.1 Å². The van der Waals surface area contributed by atoms with E-state index in [2.05, 4.69) is 48.6 Å². The molecule has 3 aromatic carbocycles. The van der Waals surface area contributed by atoms with Crippen molar-refractivity contribution in [2.45, 2.75) is 25.2 Å². The van der Waals surface area contributed by atoms with Crippen molar-refractivity contribution in [1.29, 1.82) is 0 Å². The maximum Gasteiger partial charge on any atom is 0.154 e. The second-order valence-electron chi connectivity index (χ2n) is 7.90. The summed E-state index contributed by atoms with van der Waals surface area (Å²) in [7, 11) is 0. The van der Waals surface area contributed by atoms with Gasteiger partial charge in [0.2, 0.25) is 0 Å². The van der Waals surface area contributed by atoms with Crippen molar-refractivity contribution in [2.24, 2.45) is 5.92 Å². The molecular formula is C27H22O2. The Hall–Kier alpha value is -3.26. The summed E-state index contributed by atoms with van der Waals surface area (Å²) < 4.78 is 0. The molecule has 3 aromatic rings. The van der Waals surface area contributed by atoms with Crippen LogP contribution in [0.3, 0.4) is 0 Å². The molecule has 142 valence electrons. The molecule has 0 fully saturated rings. The fraction of sp³-hybridized carbons (Fsp3) is 0.185. The zero-order valence-electron chi connectivity index (χ0n) is 16.2. The van der Waals surface area contributed by atoms with Gasteiger partial charge in [-0.1, -0.05) is 78.9 Å². The Labute approximate surface area is 170 Å². The summed E-state index contributed by atoms with van der Waals surface area (Å²) in [5.41, 5.74) is 5.94. The van der Waals surface area contributed by atoms with Crippen LogP contribution in [0.1, 0.15) is 29.0 Å². The Morgan fingerprint density at radius 1 is 0.862 bits per heavy atom. The van der Waals surface area contributed by atoms with Gasteiger partial charge in [-0.2, -0.15) is 0 Å². The zero-order chi connectivity index (χ0) is 19.8. The van der Waals surface area contributed by atoms with Crippen molar-refractivity contribution in [2.75, 3.05) is 0 Å². The lowest BCUT2D eigenvalue weighted by Gasteiger charge is -2.23. The highest BCUT2D eigenvalue weighted by molar-refractivity contribution is 6.02. The molecular weight excluding hydrogens is 356 g/mol. The normalized spacial score (nSPS) is 17.6. The minimum absolute atomic E-state index is 0.00524. The number of benzene rings is 3. The Balaban J connectivity index is 1.59. The maximum atomic E-state index is 13.2. The van der Waals surface area contributed by atoms with E-state index in [0.29, 0.717) is 0 Å². The molecule has 2 atom stereocenters. The van der Waals surface area contributed by atoms with Crippen LogP contribution >= 0.6 is 0 Å². The van der Waals surface area contributed by atoms with Crippen LogP contribution in [-0.4, -0.2) is 12.1 Å². The highest BCUT2D eigenvalue weighted by atomic mass is 16.1. The third kappa shape index (κ3) is 3.05. The summed E-state index contributed by atoms with van der Waals surface area (Å²) in [5, 5.41) is 2.42. The largest absolute Gasteiger partial charge is 0.302 e. The van der Waals surface area contributed by atoms with Crippen LogP contribution < -0.4 is 10.4 Å². The van der Waals surface area contributed by atoms with Gasteiger partial charge in [-0.05, 0) is 57.5 Å². The first kappa shape index (κ1) is 17.8. The summed E-state index contributed by atoms with van der Waals surface area (Å²) in [6, 6.07) is 22.3. The molecule has 0 radical (unpaired) electrons. The van der Waals surface area contributed by atoms with E-state index in [-0.39, 0.29) is 11.7 Å². The molecule has 29 heavy (non-hydrogen) atoms. The van der Waals surface area contributed by atoms with Crippen LogP contribution in [0.25, 0.3) is 23.3 Å². The van der Waals surface area contributed by atoms with Crippen LogP contribution in [-0.2, 0) is 22.4 Å². The summed E-state index contributed by atoms with van der Waals surface area (Å²) in [6.07, 6.45) is 7.73. The van der Waals surface area contributed by atoms with E-state index in [4.69, 9.17) is 0 Å². The lowest BCUT2D eigenvalue weighted by Crippen LogP contribution is -2.37. The number of Topliss-reactive ketones (excluding diaryl/α,β-unsaturated/α-hetero) is 1. The summed E-state index contributed by atoms with van der Waals surface area (Å²) in [5.74, 6) is -0.913. The van der Waals surface area contributed by atoms with E-state index in [9.17, 15) is 9.59 Å². The van der Waals surface area contributed by atoms with Crippen molar-refractivity contribution in [3.63, 3.8) is 0 Å². The SMILES string of the molecule is O=CC(C(=O)C1C=c2c(ccc3c2=CCc2ccccc2-3)CC1)c1ccccc1. The molecule has 2 unspecified atom stereocenters. The fourth-order valence-electron chi connectivity index (χ4n) is 4.75. The standard InChI is InChI=1S/C27H22O2/c28-17-26(18-6-2-1-3-7-18)27(29)21-11-10-20-13-14-23-22-9-5-4-8-19(22)12-15-24(23)25(20)16-21/h1-9,13-17,21,26H,10-12H2. The fourth-order valence-corrected chi connectivity index (χ4v) is 4.75. The van der Waals surface area contributed by atoms with Gasteiger partial charge in [-0.3, -0.25) is 4.79 Å². The van der Waals surface area contributed by atoms with E-state index in [1.54, 1.807) is 0 Å². The summed E-state index contributed by atoms with van der Waals surface area (Å²) >= 11 is 0. The molecule has 2 aliphatic rings. The molecule has 0 spiro atoms. The average Bonchev–Trinajstić information content (AvgIpc) is 2.79. The molecule has 2 aliphatic carbocycles. The van der Waals surface area contributed by atoms with Crippen LogP contribution in [0.4, 0.5) is 0 Å². The number of aryl methyl sites for hydroxylation is 1. The van der Waals surface area contributed by atoms with Crippen LogP contribution in [0.5, 0.6) is 0 Å². The minimum atomic E-state index is -0.691. The minimum Gasteiger partial charge on any atom is -0.302 e. The van der Waals surface area contributed by atoms with E-state index in [1.807, 2.05) is 30.3 Å². The van der Waals surface area contributed by atoms with Gasteiger partial charge in [0.15, 0.2) is 5.78 Å². The molecule has 0 aliphatic heterocycles. The molecule has 0 amide bonds. The highest BCUT2D eigenvalue weighted by Gasteiger charge is 2.28. The summed E-state index contributed by atoms with van der Waals surface area (Å²) in [6.45, 7) is 0. The van der Waals surface area contributed by atoms with Gasteiger partial charge >= 0.3 is 0 Å². The molecule has 0 bridgehead atoms. The predicted molar refractivity (Wildman–Crippen MR) is 116 cm³/mol. The van der Waals surface area contributed by atoms with Gasteiger partial charge in [0.25, 0.3) is 0 Å². The first-order chi connectivity index (χ1) is 14.3. The second kappa shape index (κ2) is 7.29. The topological polar surface area (TPSA) is 34.1 Å². The van der Waals surface area contributed by atoms with E-state index >= 15 is 0 Å². The Kier molecular flexibility index (Phi) is 4.48. The number of aldehydes is 1. The first-order valence-corrected chi connectivity index (χ1v) is 10.2. The molecule has 0 N–H and O–H groups in total. The number of hydrogen-bond acceptors (Lipinski definition) is 2. The number of fused-ring (bicyclic) bond motifs is 5. The summed E-state index contributed by atoms with van der Waals surface area (Å²) in [4.78, 5) is 25.0. The number of carbonyl (C=O) groups is 2. The van der Waals surface area contributed by atoms with Gasteiger partial charge in [0.05, 0.1) is 5.92 Å². The van der Waals surface area contributed by atoms with E-state index in [1.165, 1.54) is 32.7 Å². The molecule has 2 heteroatoms. The van der Waals surface area contributed by atoms with Crippen molar-refractivity contribution < 1.29 is 9.59 Å². The van der Waals surface area contributed by atoms with Crippen molar-refractivity contribution in [1.82, 2.24) is 0 Å². The number of hydrogen-bond donors (Lipinski definition) is 0. The van der Waals surface area contributed by atoms with Crippen molar-refractivity contribution in [3.05, 3.63) is 93.9 Å². The molecule has 2 nitrogen and oxygen atoms in total. The third-order valence-electron chi connectivity index (χ3n) is 6.27. The maximum absolute atomic E-state index is 13.2. The first-order valence-electron chi connectivity index (χ1n) is 10.2. The Bertz CT molecular complexity index is 1220. The van der Waals surface area contributed by atoms with Gasteiger partial charge in [-0.15, -0.1) is 0 Å². The van der Waals surface area contributed by atoms with Gasteiger partial charge in [0.1, 0.15) is 6.29 Å². The van der Waals surface area contributed by atoms with E-state index < -0.39 is 5.92 Å². The molecule has 0 saturated carbocycles. The van der Waals surface area contributed by atoms with Gasteiger partial charge in [0, 0.05) is 5.92 Å². The van der Waals surface area contributed by atoms with Crippen LogP contribution in [0.15, 0.2) is 66.7 Å². The van der Waals surface area contributed by atoms with Crippen molar-refractivity contribution in [3.8, 4) is 11.1 Å². The monoisotopic (exact) mass is 378 g/mol. The smallest absolute Gasteiger partial charge is 0.154 e. The quantitative estimate of drug-likeness (QED) is 0.514. The van der Waals surface area contributed by atoms with Crippen LogP contribution in [0.2, 0.25) is 0 Å². The molecule has 0 saturated heterocycles. The van der Waals surface area contributed by atoms with Gasteiger partial charge < -0.3 is 4.79 Å². The molecule has 5 rings (SSSR count). The Morgan fingerprint density at radius 2 is 1.66 bits per heavy atom. The number of ketones is 1. The van der Waals surface area contributed by atoms with Crippen LogP contribution in [0, 0.1) is 5.92 Å². The molecule has 0 aromatic heterocycles. The lowest BCUT2D eigenvalue weighted by atomic mass is 9.80. The lowest BCUT2D eigenvalue weighted by molar-refractivity contribution is -0.126. The van der Waals surface area contributed by atoms with Gasteiger partial charge in [-0.25, -0.2) is 0 Å². The zero-order valence-corrected chi connectivity index (χ0v) is 16.2. The third-order valence-corrected chi connectivity index (χ3v) is 6.27. The Morgan fingerprint density at radius 3 is 2.48 bits per heavy atom. The second-order valence-corrected chi connectivity index (χ2v) is 7.90. The van der Waals surface area contributed by atoms with Crippen molar-refractivity contribution >= 4 is 24.2 Å². The molecule has 0 heterocycles. The highest BCUT2D eigenvalue weighted by Crippen LogP contribution is 2.27. The average molecular weight is 378 g/mol. The number of carbonyl (C=O) groups excluding carboxylic acids is 2.